The number of furan rings is 1. The van der Waals surface area contributed by atoms with E-state index in [0.717, 1.165) is 10.4 Å². The van der Waals surface area contributed by atoms with Gasteiger partial charge >= 0.3 is 0 Å². The average Bonchev–Trinajstić information content (AvgIpc) is 2.89. The first-order chi connectivity index (χ1) is 9.72. The number of halogens is 1. The van der Waals surface area contributed by atoms with Crippen molar-refractivity contribution in [1.29, 1.82) is 0 Å². The monoisotopic (exact) mass is 340 g/mol. The molecule has 1 saturated heterocycles. The third-order valence-corrected chi connectivity index (χ3v) is 5.79. The Morgan fingerprint density at radius 3 is 2.40 bits per heavy atom. The van der Waals surface area contributed by atoms with Crippen molar-refractivity contribution in [3.63, 3.8) is 0 Å². The molecule has 2 fully saturated rings. The molecule has 1 aromatic rings. The Bertz CT molecular complexity index is 429. The van der Waals surface area contributed by atoms with Gasteiger partial charge in [-0.2, -0.15) is 0 Å². The molecular formula is C16H25BrN2O. The second-order valence-corrected chi connectivity index (χ2v) is 7.27. The van der Waals surface area contributed by atoms with Crippen molar-refractivity contribution < 1.29 is 4.42 Å². The molecule has 2 heterocycles. The van der Waals surface area contributed by atoms with Gasteiger partial charge in [-0.1, -0.05) is 19.3 Å². The molecule has 3 rings (SSSR count). The van der Waals surface area contributed by atoms with E-state index in [0.29, 0.717) is 12.0 Å². The fourth-order valence-corrected chi connectivity index (χ4v) is 4.38. The summed E-state index contributed by atoms with van der Waals surface area (Å²) in [5.74, 6) is 0.999. The predicted molar refractivity (Wildman–Crippen MR) is 84.5 cm³/mol. The molecule has 0 amide bonds. The zero-order valence-electron chi connectivity index (χ0n) is 12.1. The van der Waals surface area contributed by atoms with Crippen LogP contribution in [0.1, 0.15) is 56.7 Å². The topological polar surface area (TPSA) is 42.4 Å². The van der Waals surface area contributed by atoms with Gasteiger partial charge in [0.2, 0.25) is 0 Å². The second kappa shape index (κ2) is 6.20. The summed E-state index contributed by atoms with van der Waals surface area (Å²) in [5, 5.41) is 0. The van der Waals surface area contributed by atoms with Crippen molar-refractivity contribution in [1.82, 2.24) is 4.90 Å². The molecule has 2 aliphatic rings. The van der Waals surface area contributed by atoms with Crippen LogP contribution in [0.2, 0.25) is 0 Å². The van der Waals surface area contributed by atoms with E-state index in [-0.39, 0.29) is 6.04 Å². The van der Waals surface area contributed by atoms with Crippen LogP contribution in [0.5, 0.6) is 0 Å². The number of rotatable bonds is 3. The molecule has 0 bridgehead atoms. The SMILES string of the molecule is NCC(c1ccc(Br)o1)N1CCC2(CCCCC2)CC1. The number of nitrogens with two attached hydrogens (primary N) is 1. The van der Waals surface area contributed by atoms with Gasteiger partial charge in [0.15, 0.2) is 4.67 Å². The van der Waals surface area contributed by atoms with Crippen molar-refractivity contribution in [2.24, 2.45) is 11.1 Å². The summed E-state index contributed by atoms with van der Waals surface area (Å²) in [6, 6.07) is 4.25. The normalized spacial score (nSPS) is 24.9. The summed E-state index contributed by atoms with van der Waals surface area (Å²) in [6.07, 6.45) is 9.88. The van der Waals surface area contributed by atoms with Crippen molar-refractivity contribution in [2.75, 3.05) is 19.6 Å². The van der Waals surface area contributed by atoms with Gasteiger partial charge in [0, 0.05) is 6.54 Å². The highest BCUT2D eigenvalue weighted by atomic mass is 79.9. The minimum atomic E-state index is 0.238. The van der Waals surface area contributed by atoms with E-state index >= 15 is 0 Å². The Labute approximate surface area is 130 Å². The summed E-state index contributed by atoms with van der Waals surface area (Å²) >= 11 is 3.39. The maximum absolute atomic E-state index is 6.00. The third-order valence-electron chi connectivity index (χ3n) is 5.36. The first-order valence-corrected chi connectivity index (χ1v) is 8.71. The molecule has 4 heteroatoms. The lowest BCUT2D eigenvalue weighted by atomic mass is 9.68. The van der Waals surface area contributed by atoms with E-state index in [1.54, 1.807) is 0 Å². The third kappa shape index (κ3) is 2.97. The minimum Gasteiger partial charge on any atom is -0.453 e. The predicted octanol–water partition coefficient (Wildman–Crippen LogP) is 4.09. The summed E-state index contributed by atoms with van der Waals surface area (Å²) in [6.45, 7) is 2.97. The summed E-state index contributed by atoms with van der Waals surface area (Å²) in [4.78, 5) is 2.52. The quantitative estimate of drug-likeness (QED) is 0.900. The van der Waals surface area contributed by atoms with Crippen LogP contribution in [-0.2, 0) is 0 Å². The van der Waals surface area contributed by atoms with E-state index < -0.39 is 0 Å². The number of hydrogen-bond donors (Lipinski definition) is 1. The van der Waals surface area contributed by atoms with Crippen LogP contribution in [0, 0.1) is 5.41 Å². The average molecular weight is 341 g/mol. The Morgan fingerprint density at radius 1 is 1.15 bits per heavy atom. The molecule has 0 aromatic carbocycles. The number of likely N-dealkylation sites (tertiary alicyclic amines) is 1. The van der Waals surface area contributed by atoms with E-state index in [1.165, 1.54) is 58.0 Å². The van der Waals surface area contributed by atoms with Gasteiger partial charge in [-0.25, -0.2) is 0 Å². The fraction of sp³-hybridized carbons (Fsp3) is 0.750. The maximum Gasteiger partial charge on any atom is 0.169 e. The molecule has 1 aliphatic heterocycles. The Morgan fingerprint density at radius 2 is 1.85 bits per heavy atom. The minimum absolute atomic E-state index is 0.238. The lowest BCUT2D eigenvalue weighted by molar-refractivity contribution is 0.0410. The van der Waals surface area contributed by atoms with Gasteiger partial charge in [0.25, 0.3) is 0 Å². The molecular weight excluding hydrogens is 316 g/mol. The lowest BCUT2D eigenvalue weighted by Gasteiger charge is -2.46. The van der Waals surface area contributed by atoms with Gasteiger partial charge in [-0.15, -0.1) is 0 Å². The van der Waals surface area contributed by atoms with E-state index in [4.69, 9.17) is 10.2 Å². The van der Waals surface area contributed by atoms with Crippen molar-refractivity contribution in [3.8, 4) is 0 Å². The molecule has 1 saturated carbocycles. The van der Waals surface area contributed by atoms with Crippen molar-refractivity contribution in [2.45, 2.75) is 51.0 Å². The Balaban J connectivity index is 1.64. The Kier molecular flexibility index (Phi) is 4.53. The van der Waals surface area contributed by atoms with Crippen molar-refractivity contribution in [3.05, 3.63) is 22.6 Å². The summed E-state index contributed by atoms with van der Waals surface area (Å²) in [7, 11) is 0. The van der Waals surface area contributed by atoms with Gasteiger partial charge in [-0.3, -0.25) is 4.90 Å². The van der Waals surface area contributed by atoms with Crippen LogP contribution in [-0.4, -0.2) is 24.5 Å². The molecule has 112 valence electrons. The first kappa shape index (κ1) is 14.6. The maximum atomic E-state index is 6.00. The van der Waals surface area contributed by atoms with Crippen LogP contribution >= 0.6 is 15.9 Å². The second-order valence-electron chi connectivity index (χ2n) is 6.49. The smallest absolute Gasteiger partial charge is 0.169 e. The zero-order chi connectivity index (χ0) is 14.0. The van der Waals surface area contributed by atoms with Crippen LogP contribution < -0.4 is 5.73 Å². The highest BCUT2D eigenvalue weighted by Crippen LogP contribution is 2.45. The number of nitrogens with zero attached hydrogens (tertiary/aromatic N) is 1. The van der Waals surface area contributed by atoms with Gasteiger partial charge in [0.1, 0.15) is 5.76 Å². The highest BCUT2D eigenvalue weighted by molar-refractivity contribution is 9.10. The fourth-order valence-electron chi connectivity index (χ4n) is 4.06. The van der Waals surface area contributed by atoms with Gasteiger partial charge in [0.05, 0.1) is 6.04 Å². The lowest BCUT2D eigenvalue weighted by Crippen LogP contribution is -2.44. The molecule has 1 unspecified atom stereocenters. The largest absolute Gasteiger partial charge is 0.453 e. The van der Waals surface area contributed by atoms with Gasteiger partial charge in [-0.05, 0) is 72.3 Å². The summed E-state index contributed by atoms with van der Waals surface area (Å²) < 4.78 is 6.52. The Hall–Kier alpha value is -0.320. The van der Waals surface area contributed by atoms with E-state index in [2.05, 4.69) is 20.8 Å². The molecule has 1 aromatic heterocycles. The van der Waals surface area contributed by atoms with Crippen LogP contribution in [0.25, 0.3) is 0 Å². The first-order valence-electron chi connectivity index (χ1n) is 7.92. The van der Waals surface area contributed by atoms with Crippen LogP contribution in [0.15, 0.2) is 21.2 Å². The van der Waals surface area contributed by atoms with Crippen molar-refractivity contribution >= 4 is 15.9 Å². The molecule has 1 aliphatic carbocycles. The van der Waals surface area contributed by atoms with Gasteiger partial charge < -0.3 is 10.2 Å². The molecule has 20 heavy (non-hydrogen) atoms. The number of hydrogen-bond acceptors (Lipinski definition) is 3. The molecule has 1 atom stereocenters. The van der Waals surface area contributed by atoms with Crippen LogP contribution in [0.3, 0.4) is 0 Å². The molecule has 2 N–H and O–H groups in total. The standard InChI is InChI=1S/C16H25BrN2O/c17-15-5-4-14(20-15)13(12-18)19-10-8-16(9-11-19)6-2-1-3-7-16/h4-5,13H,1-3,6-12,18H2. The number of piperidine rings is 1. The zero-order valence-corrected chi connectivity index (χ0v) is 13.7. The summed E-state index contributed by atoms with van der Waals surface area (Å²) in [5.41, 5.74) is 6.65. The molecule has 3 nitrogen and oxygen atoms in total. The van der Waals surface area contributed by atoms with Crippen LogP contribution in [0.4, 0.5) is 0 Å². The van der Waals surface area contributed by atoms with E-state index in [1.807, 2.05) is 12.1 Å². The van der Waals surface area contributed by atoms with E-state index in [9.17, 15) is 0 Å². The molecule has 0 radical (unpaired) electrons. The molecule has 1 spiro atoms. The highest BCUT2D eigenvalue weighted by Gasteiger charge is 2.37.